The lowest BCUT2D eigenvalue weighted by Gasteiger charge is -2.06. The van der Waals surface area contributed by atoms with Crippen LogP contribution in [0.1, 0.15) is 5.56 Å². The van der Waals surface area contributed by atoms with E-state index in [0.717, 1.165) is 0 Å². The average molecular weight is 245 g/mol. The molecule has 0 saturated carbocycles. The molecule has 0 bridgehead atoms. The number of anilines is 1. The third kappa shape index (κ3) is 3.29. The van der Waals surface area contributed by atoms with E-state index in [9.17, 15) is 5.11 Å². The van der Waals surface area contributed by atoms with Crippen molar-refractivity contribution in [2.75, 3.05) is 5.43 Å². The van der Waals surface area contributed by atoms with Gasteiger partial charge < -0.3 is 10.2 Å². The molecule has 0 atom stereocenters. The first-order valence-electron chi connectivity index (χ1n) is 5.22. The molecular weight excluding hydrogens is 230 g/mol. The van der Waals surface area contributed by atoms with Crippen molar-refractivity contribution in [1.29, 1.82) is 5.41 Å². The fourth-order valence-electron chi connectivity index (χ4n) is 1.21. The monoisotopic (exact) mass is 245 g/mol. The van der Waals surface area contributed by atoms with Gasteiger partial charge in [-0.2, -0.15) is 5.10 Å². The smallest absolute Gasteiger partial charge is 0.140 e. The number of benzene rings is 1. The first-order valence-corrected chi connectivity index (χ1v) is 5.22. The van der Waals surface area contributed by atoms with Crippen LogP contribution in [0.4, 0.5) is 5.69 Å². The van der Waals surface area contributed by atoms with E-state index >= 15 is 0 Å². The molecule has 1 aromatic carbocycles. The van der Waals surface area contributed by atoms with Crippen LogP contribution in [0.2, 0.25) is 0 Å². The highest BCUT2D eigenvalue weighted by atomic mass is 16.3. The summed E-state index contributed by atoms with van der Waals surface area (Å²) in [5.41, 5.74) is 4.03. The molecule has 0 unspecified atom stereocenters. The topological polar surface area (TPSA) is 88.7 Å². The normalized spacial score (nSPS) is 10.8. The molecule has 1 rings (SSSR count). The Morgan fingerprint density at radius 2 is 2.11 bits per heavy atom. The van der Waals surface area contributed by atoms with E-state index in [4.69, 9.17) is 10.5 Å². The standard InChI is InChI=1S/C13H15N3O2/c1-3-10(14)11(4-2)15-16-12-7-9(8-17)5-6-13(12)18/h3-7,14,16-18H,1-2,8H2/b14-10?,15-11-. The second-order valence-corrected chi connectivity index (χ2v) is 3.44. The zero-order valence-electron chi connectivity index (χ0n) is 9.85. The number of allylic oxidation sites excluding steroid dienone is 2. The van der Waals surface area contributed by atoms with Gasteiger partial charge in [0.1, 0.15) is 11.5 Å². The Balaban J connectivity index is 2.96. The van der Waals surface area contributed by atoms with Crippen molar-refractivity contribution in [2.24, 2.45) is 5.10 Å². The minimum absolute atomic E-state index is 0.00416. The highest BCUT2D eigenvalue weighted by molar-refractivity contribution is 6.49. The Hall–Kier alpha value is -2.40. The largest absolute Gasteiger partial charge is 0.506 e. The number of hydrogen-bond acceptors (Lipinski definition) is 5. The van der Waals surface area contributed by atoms with E-state index in [1.165, 1.54) is 18.2 Å². The number of aliphatic hydroxyl groups is 1. The minimum Gasteiger partial charge on any atom is -0.506 e. The zero-order chi connectivity index (χ0) is 13.5. The van der Waals surface area contributed by atoms with Crippen LogP contribution in [0.3, 0.4) is 0 Å². The maximum Gasteiger partial charge on any atom is 0.140 e. The fraction of sp³-hybridized carbons (Fsp3) is 0.0769. The maximum absolute atomic E-state index is 9.60. The molecule has 0 fully saturated rings. The summed E-state index contributed by atoms with van der Waals surface area (Å²) in [6.07, 6.45) is 2.75. The van der Waals surface area contributed by atoms with Gasteiger partial charge in [-0.25, -0.2) is 0 Å². The van der Waals surface area contributed by atoms with E-state index in [0.29, 0.717) is 17.0 Å². The summed E-state index contributed by atoms with van der Waals surface area (Å²) < 4.78 is 0. The molecule has 0 heterocycles. The van der Waals surface area contributed by atoms with Gasteiger partial charge in [-0.05, 0) is 29.8 Å². The molecule has 0 aromatic heterocycles. The quantitative estimate of drug-likeness (QED) is 0.351. The van der Waals surface area contributed by atoms with Crippen LogP contribution in [0, 0.1) is 5.41 Å². The number of hydrogen-bond donors (Lipinski definition) is 4. The molecule has 0 saturated heterocycles. The summed E-state index contributed by atoms with van der Waals surface area (Å²) in [7, 11) is 0. The molecule has 5 nitrogen and oxygen atoms in total. The zero-order valence-corrected chi connectivity index (χ0v) is 9.85. The van der Waals surface area contributed by atoms with Crippen LogP contribution in [0.15, 0.2) is 48.6 Å². The summed E-state index contributed by atoms with van der Waals surface area (Å²) in [4.78, 5) is 0. The highest BCUT2D eigenvalue weighted by Gasteiger charge is 2.03. The van der Waals surface area contributed by atoms with Gasteiger partial charge in [0, 0.05) is 0 Å². The van der Waals surface area contributed by atoms with Crippen molar-refractivity contribution in [2.45, 2.75) is 6.61 Å². The van der Waals surface area contributed by atoms with E-state index < -0.39 is 0 Å². The molecule has 0 amide bonds. The molecule has 1 aromatic rings. The summed E-state index contributed by atoms with van der Waals surface area (Å²) >= 11 is 0. The van der Waals surface area contributed by atoms with Crippen molar-refractivity contribution in [3.05, 3.63) is 49.1 Å². The Morgan fingerprint density at radius 3 is 2.67 bits per heavy atom. The molecule has 94 valence electrons. The van der Waals surface area contributed by atoms with Gasteiger partial charge in [-0.1, -0.05) is 19.2 Å². The molecule has 0 spiro atoms. The molecule has 5 heteroatoms. The predicted octanol–water partition coefficient (Wildman–Crippen LogP) is 2.04. The Labute approximate surface area is 105 Å². The van der Waals surface area contributed by atoms with Crippen molar-refractivity contribution >= 4 is 17.1 Å². The number of aromatic hydroxyl groups is 1. The first-order chi connectivity index (χ1) is 8.62. The second-order valence-electron chi connectivity index (χ2n) is 3.44. The van der Waals surface area contributed by atoms with Crippen molar-refractivity contribution in [3.8, 4) is 5.75 Å². The Morgan fingerprint density at radius 1 is 1.39 bits per heavy atom. The van der Waals surface area contributed by atoms with E-state index in [-0.39, 0.29) is 18.1 Å². The third-order valence-corrected chi connectivity index (χ3v) is 2.21. The lowest BCUT2D eigenvalue weighted by molar-refractivity contribution is 0.282. The van der Waals surface area contributed by atoms with Crippen LogP contribution < -0.4 is 5.43 Å². The predicted molar refractivity (Wildman–Crippen MR) is 73.2 cm³/mol. The van der Waals surface area contributed by atoms with Gasteiger partial charge in [-0.15, -0.1) is 0 Å². The average Bonchev–Trinajstić information content (AvgIpc) is 2.40. The summed E-state index contributed by atoms with van der Waals surface area (Å²) in [5.74, 6) is 0.00416. The minimum atomic E-state index is -0.129. The van der Waals surface area contributed by atoms with Crippen LogP contribution in [-0.4, -0.2) is 21.6 Å². The van der Waals surface area contributed by atoms with E-state index in [1.54, 1.807) is 12.1 Å². The second kappa shape index (κ2) is 6.36. The molecule has 4 N–H and O–H groups in total. The van der Waals surface area contributed by atoms with Crippen LogP contribution in [0.25, 0.3) is 0 Å². The van der Waals surface area contributed by atoms with E-state index in [1.807, 2.05) is 0 Å². The first kappa shape index (κ1) is 13.7. The van der Waals surface area contributed by atoms with Crippen molar-refractivity contribution < 1.29 is 10.2 Å². The Bertz CT molecular complexity index is 507. The maximum atomic E-state index is 9.60. The van der Waals surface area contributed by atoms with Gasteiger partial charge in [0.2, 0.25) is 0 Å². The van der Waals surface area contributed by atoms with Gasteiger partial charge >= 0.3 is 0 Å². The Kier molecular flexibility index (Phi) is 4.83. The number of rotatable bonds is 6. The number of aliphatic hydroxyl groups excluding tert-OH is 1. The molecule has 18 heavy (non-hydrogen) atoms. The van der Waals surface area contributed by atoms with Crippen LogP contribution in [0.5, 0.6) is 5.75 Å². The summed E-state index contributed by atoms with van der Waals surface area (Å²) in [5, 5.41) is 30.1. The molecule has 0 aliphatic rings. The number of nitrogens with zero attached hydrogens (tertiary/aromatic N) is 1. The van der Waals surface area contributed by atoms with Crippen molar-refractivity contribution in [1.82, 2.24) is 0 Å². The SMILES string of the molecule is C=CC(=N)/C(C=C)=N\Nc1cc(CO)ccc1O. The summed E-state index contributed by atoms with van der Waals surface area (Å²) in [6.45, 7) is 6.87. The number of hydrazone groups is 1. The summed E-state index contributed by atoms with van der Waals surface area (Å²) in [6, 6.07) is 4.62. The highest BCUT2D eigenvalue weighted by Crippen LogP contribution is 2.24. The van der Waals surface area contributed by atoms with Gasteiger partial charge in [0.05, 0.1) is 18.0 Å². The van der Waals surface area contributed by atoms with Gasteiger partial charge in [0.15, 0.2) is 0 Å². The van der Waals surface area contributed by atoms with Crippen molar-refractivity contribution in [3.63, 3.8) is 0 Å². The lowest BCUT2D eigenvalue weighted by Crippen LogP contribution is -2.09. The lowest BCUT2D eigenvalue weighted by atomic mass is 10.2. The van der Waals surface area contributed by atoms with Gasteiger partial charge in [0.25, 0.3) is 0 Å². The molecule has 0 aliphatic carbocycles. The molecular formula is C13H15N3O2. The molecule has 0 radical (unpaired) electrons. The number of nitrogens with one attached hydrogen (secondary N) is 2. The molecule has 0 aliphatic heterocycles. The number of phenolic OH excluding ortho intramolecular Hbond substituents is 1. The van der Waals surface area contributed by atoms with Gasteiger partial charge in [-0.3, -0.25) is 10.8 Å². The van der Waals surface area contributed by atoms with Crippen LogP contribution >= 0.6 is 0 Å². The van der Waals surface area contributed by atoms with Crippen LogP contribution in [-0.2, 0) is 6.61 Å². The number of phenols is 1. The third-order valence-electron chi connectivity index (χ3n) is 2.21. The van der Waals surface area contributed by atoms with E-state index in [2.05, 4.69) is 23.7 Å². The fourth-order valence-corrected chi connectivity index (χ4v) is 1.21.